The largest absolute Gasteiger partial charge is 0.497 e. The third-order valence-electron chi connectivity index (χ3n) is 6.39. The van der Waals surface area contributed by atoms with Crippen LogP contribution in [0.4, 0.5) is 0 Å². The molecular formula is C31H37N3O4. The van der Waals surface area contributed by atoms with Crippen LogP contribution in [-0.2, 0) is 28.8 Å². The van der Waals surface area contributed by atoms with Gasteiger partial charge in [-0.15, -0.1) is 0 Å². The SMILES string of the molecule is COc1cccc(CCc2ccccc2OC[C@@H](CN(C)C)OC(=O)[C@@H](N)Cc2cc3ccccc3[nH]2)c1. The van der Waals surface area contributed by atoms with Crippen LogP contribution in [0.1, 0.15) is 16.8 Å². The number of fused-ring (bicyclic) bond motifs is 1. The highest BCUT2D eigenvalue weighted by molar-refractivity contribution is 5.81. The number of benzene rings is 3. The van der Waals surface area contributed by atoms with Gasteiger partial charge >= 0.3 is 5.97 Å². The van der Waals surface area contributed by atoms with Crippen molar-refractivity contribution in [1.29, 1.82) is 0 Å². The number of H-pyrrole nitrogens is 1. The number of hydrogen-bond acceptors (Lipinski definition) is 6. The Labute approximate surface area is 224 Å². The molecule has 0 saturated heterocycles. The van der Waals surface area contributed by atoms with E-state index in [1.54, 1.807) is 7.11 Å². The van der Waals surface area contributed by atoms with Crippen LogP contribution < -0.4 is 15.2 Å². The maximum absolute atomic E-state index is 12.9. The number of aromatic amines is 1. The van der Waals surface area contributed by atoms with Crippen LogP contribution in [0.5, 0.6) is 11.5 Å². The Kier molecular flexibility index (Phi) is 9.40. The van der Waals surface area contributed by atoms with E-state index in [0.29, 0.717) is 13.0 Å². The van der Waals surface area contributed by atoms with Gasteiger partial charge in [-0.1, -0.05) is 48.5 Å². The molecule has 0 saturated carbocycles. The number of aromatic nitrogens is 1. The Hall–Kier alpha value is -3.81. The molecule has 7 nitrogen and oxygen atoms in total. The maximum Gasteiger partial charge on any atom is 0.323 e. The minimum atomic E-state index is -0.775. The van der Waals surface area contributed by atoms with E-state index in [0.717, 1.165) is 46.5 Å². The molecule has 3 aromatic carbocycles. The zero-order chi connectivity index (χ0) is 26.9. The fourth-order valence-corrected chi connectivity index (χ4v) is 4.49. The average Bonchev–Trinajstić information content (AvgIpc) is 3.33. The van der Waals surface area contributed by atoms with E-state index in [1.807, 2.05) is 79.7 Å². The quantitative estimate of drug-likeness (QED) is 0.257. The number of likely N-dealkylation sites (N-methyl/N-ethyl adjacent to an activating group) is 1. The van der Waals surface area contributed by atoms with E-state index in [9.17, 15) is 4.79 Å². The van der Waals surface area contributed by atoms with Crippen molar-refractivity contribution in [2.75, 3.05) is 34.4 Å². The summed E-state index contributed by atoms with van der Waals surface area (Å²) >= 11 is 0. The highest BCUT2D eigenvalue weighted by Gasteiger charge is 2.23. The third kappa shape index (κ3) is 7.60. The first-order valence-corrected chi connectivity index (χ1v) is 12.9. The average molecular weight is 516 g/mol. The number of nitrogens with one attached hydrogen (secondary N) is 1. The molecule has 4 aromatic rings. The molecule has 0 aliphatic carbocycles. The number of methoxy groups -OCH3 is 1. The molecule has 0 bridgehead atoms. The lowest BCUT2D eigenvalue weighted by atomic mass is 10.0. The highest BCUT2D eigenvalue weighted by Crippen LogP contribution is 2.22. The standard InChI is InChI=1S/C31H37N3O4/c1-34(2)20-27(38-31(35)28(32)19-25-18-24-11-4-6-13-29(24)33-25)21-37-30-14-7-5-10-23(30)16-15-22-9-8-12-26(17-22)36-3/h4-14,17-18,27-28,33H,15-16,19-21,32H2,1-3H3/t27-,28+/m1/s1. The van der Waals surface area contributed by atoms with Gasteiger partial charge in [0.05, 0.1) is 7.11 Å². The number of nitrogens with two attached hydrogens (primary N) is 1. The Morgan fingerprint density at radius 2 is 1.76 bits per heavy atom. The summed E-state index contributed by atoms with van der Waals surface area (Å²) in [7, 11) is 5.55. The predicted octanol–water partition coefficient (Wildman–Crippen LogP) is 4.38. The van der Waals surface area contributed by atoms with Crippen molar-refractivity contribution in [3.05, 3.63) is 95.7 Å². The Morgan fingerprint density at radius 3 is 2.55 bits per heavy atom. The van der Waals surface area contributed by atoms with Crippen molar-refractivity contribution in [3.63, 3.8) is 0 Å². The molecule has 1 aromatic heterocycles. The Balaban J connectivity index is 1.35. The van der Waals surface area contributed by atoms with E-state index >= 15 is 0 Å². The van der Waals surface area contributed by atoms with Crippen LogP contribution in [0.2, 0.25) is 0 Å². The number of nitrogens with zero attached hydrogens (tertiary/aromatic N) is 1. The van der Waals surface area contributed by atoms with Crippen molar-refractivity contribution >= 4 is 16.9 Å². The van der Waals surface area contributed by atoms with E-state index in [2.05, 4.69) is 23.2 Å². The first-order chi connectivity index (χ1) is 18.4. The van der Waals surface area contributed by atoms with Crippen molar-refractivity contribution in [2.24, 2.45) is 5.73 Å². The van der Waals surface area contributed by atoms with Gasteiger partial charge in [0.15, 0.2) is 0 Å². The first-order valence-electron chi connectivity index (χ1n) is 12.9. The monoisotopic (exact) mass is 515 g/mol. The molecule has 38 heavy (non-hydrogen) atoms. The molecule has 0 radical (unpaired) electrons. The van der Waals surface area contributed by atoms with Crippen LogP contribution in [0.3, 0.4) is 0 Å². The predicted molar refractivity (Wildman–Crippen MR) is 151 cm³/mol. The second-order valence-electron chi connectivity index (χ2n) is 9.78. The summed E-state index contributed by atoms with van der Waals surface area (Å²) in [5, 5.41) is 1.09. The summed E-state index contributed by atoms with van der Waals surface area (Å²) in [5.74, 6) is 1.20. The second kappa shape index (κ2) is 13.1. The molecular weight excluding hydrogens is 478 g/mol. The number of esters is 1. The summed E-state index contributed by atoms with van der Waals surface area (Å²) in [6.07, 6.45) is 1.58. The van der Waals surface area contributed by atoms with Crippen molar-refractivity contribution in [1.82, 2.24) is 9.88 Å². The molecule has 0 unspecified atom stereocenters. The topological polar surface area (TPSA) is 89.8 Å². The van der Waals surface area contributed by atoms with Gasteiger partial charge in [0.1, 0.15) is 30.3 Å². The van der Waals surface area contributed by atoms with Crippen LogP contribution in [-0.4, -0.2) is 62.4 Å². The van der Waals surface area contributed by atoms with Crippen LogP contribution in [0, 0.1) is 0 Å². The number of hydrogen-bond donors (Lipinski definition) is 2. The fourth-order valence-electron chi connectivity index (χ4n) is 4.49. The molecule has 7 heteroatoms. The molecule has 200 valence electrons. The Bertz CT molecular complexity index is 1300. The first kappa shape index (κ1) is 27.2. The van der Waals surface area contributed by atoms with E-state index < -0.39 is 18.1 Å². The van der Waals surface area contributed by atoms with Crippen molar-refractivity contribution < 1.29 is 19.0 Å². The maximum atomic E-state index is 12.9. The van der Waals surface area contributed by atoms with Crippen LogP contribution >= 0.6 is 0 Å². The molecule has 0 amide bonds. The van der Waals surface area contributed by atoms with E-state index in [4.69, 9.17) is 19.9 Å². The summed E-state index contributed by atoms with van der Waals surface area (Å²) in [6, 6.07) is 25.3. The lowest BCUT2D eigenvalue weighted by molar-refractivity contribution is -0.152. The zero-order valence-corrected chi connectivity index (χ0v) is 22.4. The molecule has 3 N–H and O–H groups in total. The van der Waals surface area contributed by atoms with Gasteiger partial charge in [-0.25, -0.2) is 0 Å². The second-order valence-corrected chi connectivity index (χ2v) is 9.78. The normalized spacial score (nSPS) is 12.9. The minimum Gasteiger partial charge on any atom is -0.497 e. The van der Waals surface area contributed by atoms with Crippen LogP contribution in [0.25, 0.3) is 10.9 Å². The van der Waals surface area contributed by atoms with E-state index in [-0.39, 0.29) is 6.61 Å². The Morgan fingerprint density at radius 1 is 0.974 bits per heavy atom. The van der Waals surface area contributed by atoms with Gasteiger partial charge in [0.2, 0.25) is 0 Å². The van der Waals surface area contributed by atoms with Gasteiger partial charge < -0.3 is 29.8 Å². The number of carbonyl (C=O) groups is 1. The number of ether oxygens (including phenoxy) is 3. The van der Waals surface area contributed by atoms with Gasteiger partial charge in [-0.3, -0.25) is 4.79 Å². The number of rotatable bonds is 13. The molecule has 0 fully saturated rings. The van der Waals surface area contributed by atoms with E-state index in [1.165, 1.54) is 5.56 Å². The minimum absolute atomic E-state index is 0.235. The number of carbonyl (C=O) groups excluding carboxylic acids is 1. The molecule has 4 rings (SSSR count). The lowest BCUT2D eigenvalue weighted by Crippen LogP contribution is -2.41. The fraction of sp³-hybridized carbons (Fsp3) is 0.323. The molecule has 1 heterocycles. The summed E-state index contributed by atoms with van der Waals surface area (Å²) in [6.45, 7) is 0.760. The zero-order valence-electron chi connectivity index (χ0n) is 22.4. The third-order valence-corrected chi connectivity index (χ3v) is 6.39. The molecule has 0 aliphatic rings. The molecule has 2 atom stereocenters. The number of para-hydroxylation sites is 2. The highest BCUT2D eigenvalue weighted by atomic mass is 16.6. The summed E-state index contributed by atoms with van der Waals surface area (Å²) in [4.78, 5) is 18.2. The smallest absolute Gasteiger partial charge is 0.323 e. The molecule has 0 spiro atoms. The van der Waals surface area contributed by atoms with Gasteiger partial charge in [-0.2, -0.15) is 0 Å². The summed E-state index contributed by atoms with van der Waals surface area (Å²) < 4.78 is 17.4. The summed E-state index contributed by atoms with van der Waals surface area (Å²) in [5.41, 5.74) is 10.5. The van der Waals surface area contributed by atoms with Gasteiger partial charge in [0, 0.05) is 24.2 Å². The van der Waals surface area contributed by atoms with Crippen molar-refractivity contribution in [2.45, 2.75) is 31.4 Å². The van der Waals surface area contributed by atoms with Crippen LogP contribution in [0.15, 0.2) is 78.9 Å². The lowest BCUT2D eigenvalue weighted by Gasteiger charge is -2.24. The van der Waals surface area contributed by atoms with Gasteiger partial charge in [0.25, 0.3) is 0 Å². The number of aryl methyl sites for hydroxylation is 2. The van der Waals surface area contributed by atoms with Crippen molar-refractivity contribution in [3.8, 4) is 11.5 Å². The van der Waals surface area contributed by atoms with Gasteiger partial charge in [-0.05, 0) is 73.8 Å². The molecule has 0 aliphatic heterocycles.